The van der Waals surface area contributed by atoms with Crippen LogP contribution >= 0.6 is 22.9 Å². The van der Waals surface area contributed by atoms with Crippen LogP contribution in [0.1, 0.15) is 21.1 Å². The van der Waals surface area contributed by atoms with Gasteiger partial charge in [0.05, 0.1) is 22.8 Å². The second-order valence-corrected chi connectivity index (χ2v) is 5.92. The van der Waals surface area contributed by atoms with Gasteiger partial charge >= 0.3 is 6.18 Å². The molecule has 0 aliphatic heterocycles. The van der Waals surface area contributed by atoms with Crippen molar-refractivity contribution in [3.05, 3.63) is 38.9 Å². The Morgan fingerprint density at radius 1 is 1.48 bits per heavy atom. The molecule has 2 aromatic heterocycles. The number of amides is 1. The van der Waals surface area contributed by atoms with Crippen molar-refractivity contribution >= 4 is 28.8 Å². The highest BCUT2D eigenvalue weighted by atomic mass is 35.5. The van der Waals surface area contributed by atoms with E-state index in [1.165, 1.54) is 17.4 Å². The summed E-state index contributed by atoms with van der Waals surface area (Å²) in [4.78, 5) is 19.8. The fourth-order valence-electron chi connectivity index (χ4n) is 1.57. The minimum Gasteiger partial charge on any atom is -0.467 e. The highest BCUT2D eigenvalue weighted by molar-refractivity contribution is 7.09. The van der Waals surface area contributed by atoms with Gasteiger partial charge in [0, 0.05) is 11.6 Å². The Hall–Kier alpha value is -1.87. The number of pyridine rings is 1. The van der Waals surface area contributed by atoms with Crippen molar-refractivity contribution in [3.63, 3.8) is 0 Å². The minimum absolute atomic E-state index is 0.112. The number of halogens is 4. The summed E-state index contributed by atoms with van der Waals surface area (Å²) in [6.45, 7) is 0.570. The first-order valence-electron chi connectivity index (χ1n) is 6.29. The van der Waals surface area contributed by atoms with Crippen molar-refractivity contribution < 1.29 is 22.7 Å². The van der Waals surface area contributed by atoms with Crippen molar-refractivity contribution in [2.24, 2.45) is 0 Å². The molecule has 1 amide bonds. The van der Waals surface area contributed by atoms with Gasteiger partial charge in [0.15, 0.2) is 6.61 Å². The number of aryl methyl sites for hydroxylation is 1. The number of aromatic nitrogens is 2. The standard InChI is InChI=1S/C13H11ClF3N3O2S/c1-7-20-9(5-23-7)4-18-11(21)8-2-10(14)12(19-3-8)22-6-13(15,16)17/h2-3,5H,4,6H2,1H3,(H,18,21). The lowest BCUT2D eigenvalue weighted by Crippen LogP contribution is -2.23. The third kappa shape index (κ3) is 5.36. The molecule has 0 radical (unpaired) electrons. The predicted octanol–water partition coefficient (Wildman–Crippen LogP) is 3.37. The van der Waals surface area contributed by atoms with Gasteiger partial charge in [-0.1, -0.05) is 11.6 Å². The van der Waals surface area contributed by atoms with E-state index in [1.54, 1.807) is 0 Å². The van der Waals surface area contributed by atoms with E-state index >= 15 is 0 Å². The molecule has 0 atom stereocenters. The summed E-state index contributed by atoms with van der Waals surface area (Å²) in [6, 6.07) is 1.20. The Morgan fingerprint density at radius 3 is 2.78 bits per heavy atom. The molecule has 0 saturated heterocycles. The lowest BCUT2D eigenvalue weighted by molar-refractivity contribution is -0.154. The zero-order valence-electron chi connectivity index (χ0n) is 11.8. The molecule has 0 aliphatic carbocycles. The van der Waals surface area contributed by atoms with Crippen LogP contribution in [0.2, 0.25) is 5.02 Å². The van der Waals surface area contributed by atoms with E-state index in [4.69, 9.17) is 11.6 Å². The monoisotopic (exact) mass is 365 g/mol. The summed E-state index contributed by atoms with van der Waals surface area (Å²) >= 11 is 7.24. The largest absolute Gasteiger partial charge is 0.467 e. The predicted molar refractivity (Wildman–Crippen MR) is 78.8 cm³/mol. The molecular weight excluding hydrogens is 355 g/mol. The number of ether oxygens (including phenoxy) is 1. The molecule has 0 bridgehead atoms. The Bertz CT molecular complexity index is 706. The van der Waals surface area contributed by atoms with Gasteiger partial charge in [0.2, 0.25) is 5.88 Å². The first kappa shape index (κ1) is 17.5. The summed E-state index contributed by atoms with van der Waals surface area (Å²) in [5, 5.41) is 5.14. The first-order chi connectivity index (χ1) is 10.7. The highest BCUT2D eigenvalue weighted by Crippen LogP contribution is 2.25. The fourth-order valence-corrected chi connectivity index (χ4v) is 2.40. The maximum absolute atomic E-state index is 12.1. The number of alkyl halides is 3. The van der Waals surface area contributed by atoms with Crippen LogP contribution in [0.3, 0.4) is 0 Å². The normalized spacial score (nSPS) is 11.3. The molecule has 0 aliphatic rings. The highest BCUT2D eigenvalue weighted by Gasteiger charge is 2.29. The number of hydrogen-bond donors (Lipinski definition) is 1. The average molecular weight is 366 g/mol. The number of thiazole rings is 1. The first-order valence-corrected chi connectivity index (χ1v) is 7.54. The molecule has 2 heterocycles. The van der Waals surface area contributed by atoms with Crippen LogP contribution in [0, 0.1) is 6.92 Å². The van der Waals surface area contributed by atoms with E-state index in [-0.39, 0.29) is 23.0 Å². The van der Waals surface area contributed by atoms with Crippen molar-refractivity contribution in [1.82, 2.24) is 15.3 Å². The molecule has 1 N–H and O–H groups in total. The summed E-state index contributed by atoms with van der Waals surface area (Å²) in [6.07, 6.45) is -3.40. The summed E-state index contributed by atoms with van der Waals surface area (Å²) in [7, 11) is 0. The quantitative estimate of drug-likeness (QED) is 0.882. The van der Waals surface area contributed by atoms with E-state index < -0.39 is 18.7 Å². The number of carbonyl (C=O) groups excluding carboxylic acids is 1. The number of nitrogens with one attached hydrogen (secondary N) is 1. The van der Waals surface area contributed by atoms with Crippen LogP contribution in [0.5, 0.6) is 5.88 Å². The zero-order valence-corrected chi connectivity index (χ0v) is 13.3. The molecule has 0 aromatic carbocycles. The van der Waals surface area contributed by atoms with E-state index in [9.17, 15) is 18.0 Å². The van der Waals surface area contributed by atoms with Crippen LogP contribution in [-0.2, 0) is 6.54 Å². The number of hydrogen-bond acceptors (Lipinski definition) is 5. The Kier molecular flexibility index (Phi) is 5.42. The van der Waals surface area contributed by atoms with Gasteiger partial charge in [0.25, 0.3) is 5.91 Å². The van der Waals surface area contributed by atoms with Gasteiger partial charge in [-0.2, -0.15) is 13.2 Å². The van der Waals surface area contributed by atoms with Gasteiger partial charge in [-0.3, -0.25) is 4.79 Å². The van der Waals surface area contributed by atoms with E-state index in [0.717, 1.165) is 11.2 Å². The molecule has 5 nitrogen and oxygen atoms in total. The van der Waals surface area contributed by atoms with Crippen LogP contribution in [0.4, 0.5) is 13.2 Å². The maximum Gasteiger partial charge on any atom is 0.422 e. The molecule has 0 unspecified atom stereocenters. The molecule has 0 spiro atoms. The van der Waals surface area contributed by atoms with Crippen LogP contribution in [-0.4, -0.2) is 28.7 Å². The topological polar surface area (TPSA) is 64.1 Å². The molecule has 0 fully saturated rings. The van der Waals surface area contributed by atoms with Gasteiger partial charge < -0.3 is 10.1 Å². The average Bonchev–Trinajstić information content (AvgIpc) is 2.88. The minimum atomic E-state index is -4.49. The molecule has 2 rings (SSSR count). The van der Waals surface area contributed by atoms with E-state index in [1.807, 2.05) is 12.3 Å². The summed E-state index contributed by atoms with van der Waals surface area (Å²) < 4.78 is 40.7. The van der Waals surface area contributed by atoms with E-state index in [2.05, 4.69) is 20.0 Å². The van der Waals surface area contributed by atoms with Crippen LogP contribution in [0.15, 0.2) is 17.6 Å². The van der Waals surface area contributed by atoms with E-state index in [0.29, 0.717) is 5.69 Å². The molecule has 124 valence electrons. The Labute approximate surface area is 138 Å². The molecular formula is C13H11ClF3N3O2S. The third-order valence-corrected chi connectivity index (χ3v) is 3.63. The second kappa shape index (κ2) is 7.14. The Morgan fingerprint density at radius 2 is 2.22 bits per heavy atom. The van der Waals surface area contributed by atoms with Gasteiger partial charge in [-0.25, -0.2) is 9.97 Å². The van der Waals surface area contributed by atoms with Gasteiger partial charge in [-0.15, -0.1) is 11.3 Å². The SMILES string of the molecule is Cc1nc(CNC(=O)c2cnc(OCC(F)(F)F)c(Cl)c2)cs1. The van der Waals surface area contributed by atoms with Crippen molar-refractivity contribution in [1.29, 1.82) is 0 Å². The smallest absolute Gasteiger partial charge is 0.422 e. The number of rotatable bonds is 5. The van der Waals surface area contributed by atoms with Crippen molar-refractivity contribution in [3.8, 4) is 5.88 Å². The Balaban J connectivity index is 1.97. The van der Waals surface area contributed by atoms with Crippen molar-refractivity contribution in [2.45, 2.75) is 19.6 Å². The van der Waals surface area contributed by atoms with Crippen LogP contribution in [0.25, 0.3) is 0 Å². The second-order valence-electron chi connectivity index (χ2n) is 4.46. The molecule has 0 saturated carbocycles. The van der Waals surface area contributed by atoms with Crippen LogP contribution < -0.4 is 10.1 Å². The molecule has 23 heavy (non-hydrogen) atoms. The lowest BCUT2D eigenvalue weighted by Gasteiger charge is -2.10. The van der Waals surface area contributed by atoms with Crippen molar-refractivity contribution in [2.75, 3.05) is 6.61 Å². The zero-order chi connectivity index (χ0) is 17.0. The maximum atomic E-state index is 12.1. The number of carbonyl (C=O) groups is 1. The third-order valence-electron chi connectivity index (χ3n) is 2.54. The molecule has 10 heteroatoms. The van der Waals surface area contributed by atoms with Gasteiger partial charge in [0.1, 0.15) is 5.02 Å². The summed E-state index contributed by atoms with van der Waals surface area (Å²) in [5.41, 5.74) is 0.825. The van der Waals surface area contributed by atoms with Gasteiger partial charge in [-0.05, 0) is 13.0 Å². The molecule has 2 aromatic rings. The number of nitrogens with zero attached hydrogens (tertiary/aromatic N) is 2. The fraction of sp³-hybridized carbons (Fsp3) is 0.308. The lowest BCUT2D eigenvalue weighted by atomic mass is 10.2. The summed E-state index contributed by atoms with van der Waals surface area (Å²) in [5.74, 6) is -0.844.